The minimum Gasteiger partial charge on any atom is -0.310 e. The molecule has 0 atom stereocenters. The standard InChI is InChI=1S/C52H32N2/c1-2-13-35-30-38(24-23-33(35)11-1)54-49-21-8-7-19-43(49)47-32-40(26-28-50(47)54)53(48-22-10-15-34-12-3-5-17-41(34)48)39-25-27-45-46(31-39)44-20-9-16-37-29-36-14-4-6-18-42(36)52(45)51(37)44/h1-32H. The molecule has 0 amide bonds. The van der Waals surface area contributed by atoms with E-state index in [9.17, 15) is 0 Å². The number of anilines is 3. The summed E-state index contributed by atoms with van der Waals surface area (Å²) in [7, 11) is 0. The molecule has 10 aromatic carbocycles. The molecule has 2 nitrogen and oxygen atoms in total. The molecule has 0 unspecified atom stereocenters. The molecule has 0 radical (unpaired) electrons. The molecule has 0 N–H and O–H groups in total. The van der Waals surface area contributed by atoms with Gasteiger partial charge in [-0.05, 0) is 121 Å². The van der Waals surface area contributed by atoms with Crippen molar-refractivity contribution < 1.29 is 0 Å². The molecule has 11 aromatic rings. The highest BCUT2D eigenvalue weighted by Crippen LogP contribution is 2.52. The highest BCUT2D eigenvalue weighted by Gasteiger charge is 2.26. The van der Waals surface area contributed by atoms with Crippen molar-refractivity contribution in [2.24, 2.45) is 0 Å². The van der Waals surface area contributed by atoms with E-state index in [-0.39, 0.29) is 0 Å². The number of para-hydroxylation sites is 1. The van der Waals surface area contributed by atoms with Gasteiger partial charge in [-0.25, -0.2) is 0 Å². The van der Waals surface area contributed by atoms with Gasteiger partial charge < -0.3 is 9.47 Å². The van der Waals surface area contributed by atoms with Crippen molar-refractivity contribution in [3.05, 3.63) is 194 Å². The molecule has 250 valence electrons. The molecule has 2 heteroatoms. The maximum absolute atomic E-state index is 2.46. The molecule has 12 rings (SSSR count). The summed E-state index contributed by atoms with van der Waals surface area (Å²) in [6.45, 7) is 0. The van der Waals surface area contributed by atoms with E-state index in [2.05, 4.69) is 204 Å². The van der Waals surface area contributed by atoms with Gasteiger partial charge in [-0.15, -0.1) is 0 Å². The summed E-state index contributed by atoms with van der Waals surface area (Å²) in [5.41, 5.74) is 12.2. The number of fused-ring (bicyclic) bond motifs is 10. The van der Waals surface area contributed by atoms with Crippen LogP contribution in [0.5, 0.6) is 0 Å². The van der Waals surface area contributed by atoms with Crippen molar-refractivity contribution in [3.63, 3.8) is 0 Å². The Balaban J connectivity index is 1.11. The van der Waals surface area contributed by atoms with Crippen LogP contribution in [0, 0.1) is 0 Å². The molecular weight excluding hydrogens is 653 g/mol. The molecule has 1 aliphatic carbocycles. The Labute approximate surface area is 312 Å². The van der Waals surface area contributed by atoms with Crippen molar-refractivity contribution in [3.8, 4) is 27.9 Å². The van der Waals surface area contributed by atoms with Gasteiger partial charge in [-0.3, -0.25) is 0 Å². The van der Waals surface area contributed by atoms with E-state index in [1.165, 1.54) is 92.8 Å². The van der Waals surface area contributed by atoms with Gasteiger partial charge in [0.1, 0.15) is 0 Å². The number of aromatic nitrogens is 1. The highest BCUT2D eigenvalue weighted by atomic mass is 15.1. The Morgan fingerprint density at radius 3 is 1.91 bits per heavy atom. The van der Waals surface area contributed by atoms with E-state index in [0.717, 1.165) is 17.1 Å². The Morgan fingerprint density at radius 2 is 1.00 bits per heavy atom. The van der Waals surface area contributed by atoms with Gasteiger partial charge in [-0.1, -0.05) is 133 Å². The minimum atomic E-state index is 1.12. The summed E-state index contributed by atoms with van der Waals surface area (Å²) in [5.74, 6) is 0. The monoisotopic (exact) mass is 684 g/mol. The van der Waals surface area contributed by atoms with E-state index in [4.69, 9.17) is 0 Å². The average molecular weight is 685 g/mol. The van der Waals surface area contributed by atoms with Gasteiger partial charge in [0, 0.05) is 33.2 Å². The quantitative estimate of drug-likeness (QED) is 0.168. The highest BCUT2D eigenvalue weighted by molar-refractivity contribution is 6.24. The van der Waals surface area contributed by atoms with E-state index in [1.54, 1.807) is 0 Å². The summed E-state index contributed by atoms with van der Waals surface area (Å²) in [6.07, 6.45) is 0. The lowest BCUT2D eigenvalue weighted by atomic mass is 9.96. The molecule has 0 saturated carbocycles. The van der Waals surface area contributed by atoms with Crippen LogP contribution in [0.2, 0.25) is 0 Å². The van der Waals surface area contributed by atoms with Crippen LogP contribution >= 0.6 is 0 Å². The van der Waals surface area contributed by atoms with E-state index in [0.29, 0.717) is 0 Å². The average Bonchev–Trinajstić information content (AvgIpc) is 3.74. The van der Waals surface area contributed by atoms with Gasteiger partial charge in [0.15, 0.2) is 0 Å². The van der Waals surface area contributed by atoms with Crippen molar-refractivity contribution >= 4 is 82.0 Å². The SMILES string of the molecule is c1ccc2cc(-n3c4ccccc4c4cc(N(c5ccc6c(c5)-c5cccc7cc8ccccc8c-6c57)c5cccc6ccccc56)ccc43)ccc2c1. The van der Waals surface area contributed by atoms with Crippen LogP contribution < -0.4 is 4.90 Å². The van der Waals surface area contributed by atoms with Crippen LogP contribution in [0.25, 0.3) is 92.8 Å². The smallest absolute Gasteiger partial charge is 0.0542 e. The summed E-state index contributed by atoms with van der Waals surface area (Å²) in [4.78, 5) is 2.46. The van der Waals surface area contributed by atoms with Gasteiger partial charge in [0.05, 0.1) is 16.7 Å². The molecule has 1 aromatic heterocycles. The summed E-state index contributed by atoms with van der Waals surface area (Å²) in [5, 5.41) is 12.6. The van der Waals surface area contributed by atoms with Crippen molar-refractivity contribution in [1.29, 1.82) is 0 Å². The van der Waals surface area contributed by atoms with E-state index in [1.807, 2.05) is 0 Å². The molecule has 0 saturated heterocycles. The fraction of sp³-hybridized carbons (Fsp3) is 0. The van der Waals surface area contributed by atoms with Crippen LogP contribution in [0.3, 0.4) is 0 Å². The molecule has 1 aliphatic rings. The topological polar surface area (TPSA) is 8.17 Å². The van der Waals surface area contributed by atoms with Gasteiger partial charge in [0.25, 0.3) is 0 Å². The van der Waals surface area contributed by atoms with Crippen molar-refractivity contribution in [2.45, 2.75) is 0 Å². The predicted octanol–water partition coefficient (Wildman–Crippen LogP) is 14.5. The fourth-order valence-corrected chi connectivity index (χ4v) is 9.26. The Morgan fingerprint density at radius 1 is 0.333 bits per heavy atom. The van der Waals surface area contributed by atoms with Crippen LogP contribution in [0.4, 0.5) is 17.1 Å². The van der Waals surface area contributed by atoms with Crippen LogP contribution in [0.15, 0.2) is 194 Å². The van der Waals surface area contributed by atoms with Crippen molar-refractivity contribution in [1.82, 2.24) is 4.57 Å². The Kier molecular flexibility index (Phi) is 6.09. The summed E-state index contributed by atoms with van der Waals surface area (Å²) < 4.78 is 2.42. The lowest BCUT2D eigenvalue weighted by molar-refractivity contribution is 1.18. The fourth-order valence-electron chi connectivity index (χ4n) is 9.26. The number of hydrogen-bond acceptors (Lipinski definition) is 1. The largest absolute Gasteiger partial charge is 0.310 e. The van der Waals surface area contributed by atoms with Gasteiger partial charge >= 0.3 is 0 Å². The minimum absolute atomic E-state index is 1.12. The first kappa shape index (κ1) is 29.4. The zero-order valence-corrected chi connectivity index (χ0v) is 29.4. The number of rotatable bonds is 4. The number of hydrogen-bond donors (Lipinski definition) is 0. The molecule has 0 spiro atoms. The second-order valence-corrected chi connectivity index (χ2v) is 14.5. The number of benzene rings is 10. The Bertz CT molecular complexity index is 3340. The third-order valence-corrected chi connectivity index (χ3v) is 11.6. The first-order chi connectivity index (χ1) is 26.8. The first-order valence-electron chi connectivity index (χ1n) is 18.7. The lowest BCUT2D eigenvalue weighted by Gasteiger charge is -2.28. The maximum atomic E-state index is 2.46. The second-order valence-electron chi connectivity index (χ2n) is 14.5. The predicted molar refractivity (Wildman–Crippen MR) is 230 cm³/mol. The molecule has 1 heterocycles. The summed E-state index contributed by atoms with van der Waals surface area (Å²) >= 11 is 0. The van der Waals surface area contributed by atoms with Crippen molar-refractivity contribution in [2.75, 3.05) is 4.90 Å². The molecule has 0 fully saturated rings. The van der Waals surface area contributed by atoms with Gasteiger partial charge in [-0.2, -0.15) is 0 Å². The summed E-state index contributed by atoms with van der Waals surface area (Å²) in [6, 6.07) is 71.6. The molecule has 0 bridgehead atoms. The van der Waals surface area contributed by atoms with E-state index < -0.39 is 0 Å². The first-order valence-corrected chi connectivity index (χ1v) is 18.7. The zero-order chi connectivity index (χ0) is 35.3. The molecule has 0 aliphatic heterocycles. The van der Waals surface area contributed by atoms with Crippen LogP contribution in [-0.4, -0.2) is 4.57 Å². The van der Waals surface area contributed by atoms with Gasteiger partial charge in [0.2, 0.25) is 0 Å². The van der Waals surface area contributed by atoms with Crippen LogP contribution in [0.1, 0.15) is 0 Å². The Hall–Kier alpha value is -7.16. The zero-order valence-electron chi connectivity index (χ0n) is 29.4. The molecule has 54 heavy (non-hydrogen) atoms. The van der Waals surface area contributed by atoms with Crippen LogP contribution in [-0.2, 0) is 0 Å². The second kappa shape index (κ2) is 11.2. The molecular formula is C52H32N2. The third kappa shape index (κ3) is 4.17. The number of nitrogens with zero attached hydrogens (tertiary/aromatic N) is 2. The third-order valence-electron chi connectivity index (χ3n) is 11.6. The maximum Gasteiger partial charge on any atom is 0.0542 e. The van der Waals surface area contributed by atoms with E-state index >= 15 is 0 Å². The normalized spacial score (nSPS) is 12.1. The lowest BCUT2D eigenvalue weighted by Crippen LogP contribution is -2.10.